The van der Waals surface area contributed by atoms with E-state index in [0.717, 1.165) is 5.56 Å². The van der Waals surface area contributed by atoms with Crippen LogP contribution in [0, 0.1) is 6.92 Å². The third kappa shape index (κ3) is 2.37. The van der Waals surface area contributed by atoms with Gasteiger partial charge >= 0.3 is 0 Å². The fraction of sp³-hybridized carbons (Fsp3) is 0.250. The van der Waals surface area contributed by atoms with E-state index < -0.39 is 0 Å². The van der Waals surface area contributed by atoms with Crippen LogP contribution in [0.2, 0.25) is 5.02 Å². The van der Waals surface area contributed by atoms with Gasteiger partial charge in [-0.05, 0) is 24.6 Å². The maximum atomic E-state index is 5.86. The lowest BCUT2D eigenvalue weighted by molar-refractivity contribution is 0.286. The number of benzene rings is 1. The number of nitrogens with two attached hydrogens (primary N) is 1. The highest BCUT2D eigenvalue weighted by Crippen LogP contribution is 2.21. The Kier molecular flexibility index (Phi) is 3.34. The first-order chi connectivity index (χ1) is 5.74. The van der Waals surface area contributed by atoms with Crippen LogP contribution in [0.15, 0.2) is 18.2 Å². The smallest absolute Gasteiger partial charge is 0.151 e. The van der Waals surface area contributed by atoms with Gasteiger partial charge in [0.25, 0.3) is 0 Å². The summed E-state index contributed by atoms with van der Waals surface area (Å²) in [6.07, 6.45) is 0. The van der Waals surface area contributed by atoms with Crippen LogP contribution in [0.3, 0.4) is 0 Å². The number of halogens is 1. The van der Waals surface area contributed by atoms with Gasteiger partial charge in [-0.3, -0.25) is 5.84 Å². The van der Waals surface area contributed by atoms with E-state index in [2.05, 4.69) is 5.43 Å². The van der Waals surface area contributed by atoms with Gasteiger partial charge in [0, 0.05) is 5.02 Å². The number of hydrazine groups is 1. The third-order valence-corrected chi connectivity index (χ3v) is 1.87. The van der Waals surface area contributed by atoms with E-state index in [9.17, 15) is 0 Å². The molecule has 0 aliphatic carbocycles. The second-order valence-corrected chi connectivity index (χ2v) is 2.81. The predicted octanol–water partition coefficient (Wildman–Crippen LogP) is 1.45. The van der Waals surface area contributed by atoms with Crippen molar-refractivity contribution in [3.8, 4) is 5.75 Å². The number of nitrogens with one attached hydrogen (secondary N) is 1. The molecule has 0 aliphatic rings. The van der Waals surface area contributed by atoms with Gasteiger partial charge in [-0.25, -0.2) is 5.43 Å². The van der Waals surface area contributed by atoms with Crippen molar-refractivity contribution in [3.63, 3.8) is 0 Å². The van der Waals surface area contributed by atoms with E-state index in [4.69, 9.17) is 22.2 Å². The zero-order valence-corrected chi connectivity index (χ0v) is 7.56. The average Bonchev–Trinajstić information content (AvgIpc) is 2.07. The monoisotopic (exact) mass is 186 g/mol. The van der Waals surface area contributed by atoms with E-state index in [0.29, 0.717) is 10.8 Å². The summed E-state index contributed by atoms with van der Waals surface area (Å²) in [5.74, 6) is 5.75. The molecule has 3 nitrogen and oxygen atoms in total. The number of hydrogen-bond acceptors (Lipinski definition) is 3. The van der Waals surface area contributed by atoms with Crippen molar-refractivity contribution in [1.29, 1.82) is 0 Å². The standard InChI is InChI=1S/C8H11ClN2O/c1-6-2-3-7(4-8(6)9)12-5-11-10/h2-4,11H,5,10H2,1H3. The van der Waals surface area contributed by atoms with Crippen molar-refractivity contribution in [2.45, 2.75) is 6.92 Å². The largest absolute Gasteiger partial charge is 0.477 e. The molecule has 0 aliphatic heterocycles. The van der Waals surface area contributed by atoms with Crippen LogP contribution < -0.4 is 16.0 Å². The fourth-order valence-electron chi connectivity index (χ4n) is 0.788. The zero-order valence-electron chi connectivity index (χ0n) is 6.80. The first kappa shape index (κ1) is 9.32. The molecule has 66 valence electrons. The maximum Gasteiger partial charge on any atom is 0.151 e. The van der Waals surface area contributed by atoms with Crippen LogP contribution in [-0.4, -0.2) is 6.73 Å². The molecule has 0 saturated heterocycles. The van der Waals surface area contributed by atoms with Gasteiger partial charge < -0.3 is 4.74 Å². The van der Waals surface area contributed by atoms with Crippen molar-refractivity contribution in [3.05, 3.63) is 28.8 Å². The van der Waals surface area contributed by atoms with Crippen molar-refractivity contribution in [2.24, 2.45) is 5.84 Å². The first-order valence-electron chi connectivity index (χ1n) is 3.56. The summed E-state index contributed by atoms with van der Waals surface area (Å²) in [7, 11) is 0. The molecule has 4 heteroatoms. The number of aryl methyl sites for hydroxylation is 1. The second kappa shape index (κ2) is 4.30. The van der Waals surface area contributed by atoms with Gasteiger partial charge in [-0.15, -0.1) is 0 Å². The predicted molar refractivity (Wildman–Crippen MR) is 49.0 cm³/mol. The van der Waals surface area contributed by atoms with Crippen molar-refractivity contribution in [2.75, 3.05) is 6.73 Å². The van der Waals surface area contributed by atoms with Gasteiger partial charge in [0.15, 0.2) is 6.73 Å². The lowest BCUT2D eigenvalue weighted by atomic mass is 10.2. The average molecular weight is 187 g/mol. The molecule has 0 aromatic heterocycles. The SMILES string of the molecule is Cc1ccc(OCNN)cc1Cl. The molecule has 0 radical (unpaired) electrons. The quantitative estimate of drug-likeness (QED) is 0.427. The van der Waals surface area contributed by atoms with E-state index in [-0.39, 0.29) is 6.73 Å². The molecule has 0 bridgehead atoms. The molecule has 1 aromatic rings. The van der Waals surface area contributed by atoms with Gasteiger partial charge in [0.2, 0.25) is 0 Å². The van der Waals surface area contributed by atoms with E-state index in [1.54, 1.807) is 6.07 Å². The number of ether oxygens (including phenoxy) is 1. The van der Waals surface area contributed by atoms with Gasteiger partial charge in [-0.2, -0.15) is 0 Å². The van der Waals surface area contributed by atoms with Crippen LogP contribution >= 0.6 is 11.6 Å². The minimum absolute atomic E-state index is 0.277. The van der Waals surface area contributed by atoms with Crippen LogP contribution in [0.5, 0.6) is 5.75 Å². The highest BCUT2D eigenvalue weighted by Gasteiger charge is 1.97. The minimum Gasteiger partial charge on any atom is -0.477 e. The Balaban J connectivity index is 2.69. The molecular weight excluding hydrogens is 176 g/mol. The molecule has 1 aromatic carbocycles. The van der Waals surface area contributed by atoms with Crippen LogP contribution in [-0.2, 0) is 0 Å². The van der Waals surface area contributed by atoms with Gasteiger partial charge in [0.1, 0.15) is 5.75 Å². The highest BCUT2D eigenvalue weighted by atomic mass is 35.5. The van der Waals surface area contributed by atoms with Crippen LogP contribution in [0.25, 0.3) is 0 Å². The fourth-order valence-corrected chi connectivity index (χ4v) is 0.959. The van der Waals surface area contributed by atoms with Gasteiger partial charge in [-0.1, -0.05) is 17.7 Å². The Labute approximate surface area is 76.4 Å². The first-order valence-corrected chi connectivity index (χ1v) is 3.94. The van der Waals surface area contributed by atoms with Crippen LogP contribution in [0.4, 0.5) is 0 Å². The maximum absolute atomic E-state index is 5.86. The summed E-state index contributed by atoms with van der Waals surface area (Å²) in [6.45, 7) is 2.21. The van der Waals surface area contributed by atoms with Gasteiger partial charge in [0.05, 0.1) is 0 Å². The molecule has 0 spiro atoms. The van der Waals surface area contributed by atoms with E-state index in [1.165, 1.54) is 0 Å². The lowest BCUT2D eigenvalue weighted by Gasteiger charge is -2.05. The molecular formula is C8H11ClN2O. The summed E-state index contributed by atoms with van der Waals surface area (Å²) in [5.41, 5.74) is 3.42. The second-order valence-electron chi connectivity index (χ2n) is 2.40. The summed E-state index contributed by atoms with van der Waals surface area (Å²) >= 11 is 5.86. The number of hydrogen-bond donors (Lipinski definition) is 2. The zero-order chi connectivity index (χ0) is 8.97. The normalized spacial score (nSPS) is 9.92. The molecule has 0 heterocycles. The van der Waals surface area contributed by atoms with E-state index in [1.807, 2.05) is 19.1 Å². The Hall–Kier alpha value is -0.770. The van der Waals surface area contributed by atoms with Crippen LogP contribution in [0.1, 0.15) is 5.56 Å². The Morgan fingerprint density at radius 3 is 2.92 bits per heavy atom. The topological polar surface area (TPSA) is 47.3 Å². The molecule has 0 unspecified atom stereocenters. The van der Waals surface area contributed by atoms with Crippen molar-refractivity contribution < 1.29 is 4.74 Å². The molecule has 0 amide bonds. The lowest BCUT2D eigenvalue weighted by Crippen LogP contribution is -2.26. The Morgan fingerprint density at radius 2 is 2.33 bits per heavy atom. The summed E-state index contributed by atoms with van der Waals surface area (Å²) in [6, 6.07) is 5.50. The van der Waals surface area contributed by atoms with Crippen molar-refractivity contribution >= 4 is 11.6 Å². The third-order valence-electron chi connectivity index (χ3n) is 1.47. The minimum atomic E-state index is 0.277. The van der Waals surface area contributed by atoms with E-state index >= 15 is 0 Å². The summed E-state index contributed by atoms with van der Waals surface area (Å²) < 4.78 is 5.17. The highest BCUT2D eigenvalue weighted by molar-refractivity contribution is 6.31. The molecule has 0 saturated carbocycles. The Bertz CT molecular complexity index is 265. The summed E-state index contributed by atoms with van der Waals surface area (Å²) in [5, 5.41) is 0.699. The molecule has 0 fully saturated rings. The molecule has 1 rings (SSSR count). The summed E-state index contributed by atoms with van der Waals surface area (Å²) in [4.78, 5) is 0. The van der Waals surface area contributed by atoms with Crippen molar-refractivity contribution in [1.82, 2.24) is 5.43 Å². The number of rotatable bonds is 3. The molecule has 12 heavy (non-hydrogen) atoms. The molecule has 0 atom stereocenters. The Morgan fingerprint density at radius 1 is 1.58 bits per heavy atom. The molecule has 3 N–H and O–H groups in total.